The molecule has 2 aromatic rings. The number of nitrogens with zero attached hydrogens (tertiary/aromatic N) is 3. The van der Waals surface area contributed by atoms with Crippen LogP contribution in [0.5, 0.6) is 0 Å². The van der Waals surface area contributed by atoms with Crippen LogP contribution in [0.15, 0.2) is 58.7 Å². The molecule has 1 unspecified atom stereocenters. The molecule has 0 saturated heterocycles. The van der Waals surface area contributed by atoms with Crippen molar-refractivity contribution in [2.75, 3.05) is 19.6 Å². The minimum atomic E-state index is 0. The number of rotatable bonds is 9. The molecule has 0 radical (unpaired) electrons. The van der Waals surface area contributed by atoms with Crippen LogP contribution in [0, 0.1) is 0 Å². The van der Waals surface area contributed by atoms with Crippen LogP contribution in [-0.4, -0.2) is 40.6 Å². The average Bonchev–Trinajstić information content (AvgIpc) is 3.11. The largest absolute Gasteiger partial charge is 0.357 e. The van der Waals surface area contributed by atoms with Gasteiger partial charge in [-0.3, -0.25) is 9.67 Å². The van der Waals surface area contributed by atoms with Gasteiger partial charge in [0.1, 0.15) is 0 Å². The molecule has 138 valence electrons. The Labute approximate surface area is 172 Å². The van der Waals surface area contributed by atoms with Gasteiger partial charge < -0.3 is 10.6 Å². The number of aromatic nitrogens is 2. The van der Waals surface area contributed by atoms with E-state index in [0.717, 1.165) is 38.6 Å². The van der Waals surface area contributed by atoms with Gasteiger partial charge in [-0.15, -0.1) is 35.7 Å². The lowest BCUT2D eigenvalue weighted by Crippen LogP contribution is -2.38. The van der Waals surface area contributed by atoms with E-state index in [1.54, 1.807) is 0 Å². The average molecular weight is 473 g/mol. The van der Waals surface area contributed by atoms with Gasteiger partial charge in [0.2, 0.25) is 0 Å². The smallest absolute Gasteiger partial charge is 0.191 e. The molecule has 0 fully saturated rings. The number of guanidine groups is 1. The minimum absolute atomic E-state index is 0. The summed E-state index contributed by atoms with van der Waals surface area (Å²) in [6, 6.07) is 12.4. The second-order valence-corrected chi connectivity index (χ2v) is 7.02. The summed E-state index contributed by atoms with van der Waals surface area (Å²) < 4.78 is 1.95. The topological polar surface area (TPSA) is 54.2 Å². The minimum Gasteiger partial charge on any atom is -0.357 e. The summed E-state index contributed by atoms with van der Waals surface area (Å²) in [6.45, 7) is 7.75. The molecule has 1 heterocycles. The highest BCUT2D eigenvalue weighted by Gasteiger charge is 2.04. The van der Waals surface area contributed by atoms with Gasteiger partial charge in [0.25, 0.3) is 0 Å². The van der Waals surface area contributed by atoms with Gasteiger partial charge in [0, 0.05) is 42.2 Å². The zero-order chi connectivity index (χ0) is 17.0. The second-order valence-electron chi connectivity index (χ2n) is 5.51. The summed E-state index contributed by atoms with van der Waals surface area (Å²) in [4.78, 5) is 5.98. The summed E-state index contributed by atoms with van der Waals surface area (Å²) in [5.41, 5.74) is 0. The first-order valence-electron chi connectivity index (χ1n) is 8.49. The van der Waals surface area contributed by atoms with Crippen LogP contribution in [-0.2, 0) is 6.54 Å². The molecule has 0 spiro atoms. The summed E-state index contributed by atoms with van der Waals surface area (Å²) >= 11 is 1.86. The molecule has 0 aliphatic rings. The van der Waals surface area contributed by atoms with Crippen LogP contribution in [0.1, 0.15) is 20.3 Å². The Balaban J connectivity index is 0.00000312. The molecule has 1 aromatic heterocycles. The zero-order valence-electron chi connectivity index (χ0n) is 14.9. The molecule has 1 aromatic carbocycles. The third-order valence-corrected chi connectivity index (χ3v) is 4.44. The van der Waals surface area contributed by atoms with Crippen molar-refractivity contribution in [2.24, 2.45) is 4.99 Å². The first-order valence-corrected chi connectivity index (χ1v) is 9.37. The summed E-state index contributed by atoms with van der Waals surface area (Å²) in [7, 11) is 0. The first kappa shape index (κ1) is 21.8. The molecule has 0 aliphatic heterocycles. The fourth-order valence-corrected chi connectivity index (χ4v) is 3.14. The molecular formula is C18H28IN5S. The molecule has 0 bridgehead atoms. The fourth-order valence-electron chi connectivity index (χ4n) is 2.21. The summed E-state index contributed by atoms with van der Waals surface area (Å²) in [6.07, 6.45) is 4.81. The van der Waals surface area contributed by atoms with E-state index in [9.17, 15) is 0 Å². The molecule has 25 heavy (non-hydrogen) atoms. The SMILES string of the molecule is CCNC(=NCC(C)Sc1ccccc1)NCCCn1cccn1.I. The Morgan fingerprint density at radius 1 is 1.24 bits per heavy atom. The van der Waals surface area contributed by atoms with Crippen molar-refractivity contribution < 1.29 is 0 Å². The van der Waals surface area contributed by atoms with E-state index in [0.29, 0.717) is 5.25 Å². The number of benzene rings is 1. The van der Waals surface area contributed by atoms with Crippen LogP contribution >= 0.6 is 35.7 Å². The predicted octanol–water partition coefficient (Wildman–Crippen LogP) is 3.63. The third kappa shape index (κ3) is 9.15. The van der Waals surface area contributed by atoms with Crippen molar-refractivity contribution in [3.8, 4) is 0 Å². The van der Waals surface area contributed by atoms with Crippen molar-refractivity contribution in [2.45, 2.75) is 37.0 Å². The Morgan fingerprint density at radius 3 is 2.72 bits per heavy atom. The molecule has 0 amide bonds. The lowest BCUT2D eigenvalue weighted by Gasteiger charge is -2.13. The molecular weight excluding hydrogens is 445 g/mol. The molecule has 5 nitrogen and oxygen atoms in total. The molecule has 2 rings (SSSR count). The van der Waals surface area contributed by atoms with Crippen LogP contribution in [0.4, 0.5) is 0 Å². The number of nitrogens with one attached hydrogen (secondary N) is 2. The van der Waals surface area contributed by atoms with Crippen LogP contribution < -0.4 is 10.6 Å². The van der Waals surface area contributed by atoms with Gasteiger partial charge >= 0.3 is 0 Å². The van der Waals surface area contributed by atoms with E-state index >= 15 is 0 Å². The third-order valence-electron chi connectivity index (χ3n) is 3.35. The quantitative estimate of drug-likeness (QED) is 0.192. The van der Waals surface area contributed by atoms with Gasteiger partial charge in [-0.2, -0.15) is 5.10 Å². The molecule has 2 N–H and O–H groups in total. The van der Waals surface area contributed by atoms with Gasteiger partial charge in [0.15, 0.2) is 5.96 Å². The number of aryl methyl sites for hydroxylation is 1. The number of hydrogen-bond donors (Lipinski definition) is 2. The maximum Gasteiger partial charge on any atom is 0.191 e. The van der Waals surface area contributed by atoms with Crippen molar-refractivity contribution in [3.05, 3.63) is 48.8 Å². The lowest BCUT2D eigenvalue weighted by atomic mass is 10.4. The Bertz CT molecular complexity index is 589. The summed E-state index contributed by atoms with van der Waals surface area (Å²) in [5, 5.41) is 11.3. The van der Waals surface area contributed by atoms with Gasteiger partial charge in [0.05, 0.1) is 6.54 Å². The normalized spacial score (nSPS) is 12.3. The van der Waals surface area contributed by atoms with Crippen LogP contribution in [0.3, 0.4) is 0 Å². The van der Waals surface area contributed by atoms with E-state index in [1.165, 1.54) is 4.90 Å². The molecule has 7 heteroatoms. The van der Waals surface area contributed by atoms with Crippen molar-refractivity contribution in [1.82, 2.24) is 20.4 Å². The fraction of sp³-hybridized carbons (Fsp3) is 0.444. The molecule has 0 saturated carbocycles. The van der Waals surface area contributed by atoms with E-state index in [2.05, 4.69) is 53.8 Å². The number of aliphatic imine (C=N–C) groups is 1. The summed E-state index contributed by atoms with van der Waals surface area (Å²) in [5.74, 6) is 0.887. The Kier molecular flexibility index (Phi) is 11.4. The van der Waals surface area contributed by atoms with Crippen molar-refractivity contribution >= 4 is 41.7 Å². The van der Waals surface area contributed by atoms with Gasteiger partial charge in [-0.05, 0) is 31.5 Å². The zero-order valence-corrected chi connectivity index (χ0v) is 18.0. The van der Waals surface area contributed by atoms with E-state index in [1.807, 2.05) is 41.0 Å². The highest BCUT2D eigenvalue weighted by atomic mass is 127. The van der Waals surface area contributed by atoms with Crippen molar-refractivity contribution in [1.29, 1.82) is 0 Å². The standard InChI is InChI=1S/C18H27N5S.HI/c1-3-19-18(20-11-7-13-23-14-8-12-22-23)21-15-16(2)24-17-9-5-4-6-10-17;/h4-6,8-10,12,14,16H,3,7,11,13,15H2,1-2H3,(H2,19,20,21);1H. The monoisotopic (exact) mass is 473 g/mol. The second kappa shape index (κ2) is 13.0. The van der Waals surface area contributed by atoms with Crippen molar-refractivity contribution in [3.63, 3.8) is 0 Å². The van der Waals surface area contributed by atoms with Gasteiger partial charge in [-0.25, -0.2) is 0 Å². The van der Waals surface area contributed by atoms with Gasteiger partial charge in [-0.1, -0.05) is 25.1 Å². The number of thioether (sulfide) groups is 1. The number of halogens is 1. The van der Waals surface area contributed by atoms with Crippen LogP contribution in [0.2, 0.25) is 0 Å². The Hall–Kier alpha value is -1.22. The highest BCUT2D eigenvalue weighted by molar-refractivity contribution is 14.0. The lowest BCUT2D eigenvalue weighted by molar-refractivity contribution is 0.570. The van der Waals surface area contributed by atoms with E-state index < -0.39 is 0 Å². The maximum atomic E-state index is 4.70. The number of hydrogen-bond acceptors (Lipinski definition) is 3. The van der Waals surface area contributed by atoms with E-state index in [4.69, 9.17) is 4.99 Å². The predicted molar refractivity (Wildman–Crippen MR) is 118 cm³/mol. The highest BCUT2D eigenvalue weighted by Crippen LogP contribution is 2.22. The molecule has 0 aliphatic carbocycles. The maximum absolute atomic E-state index is 4.70. The Morgan fingerprint density at radius 2 is 2.04 bits per heavy atom. The van der Waals surface area contributed by atoms with E-state index in [-0.39, 0.29) is 24.0 Å². The first-order chi connectivity index (χ1) is 11.8. The molecule has 1 atom stereocenters. The van der Waals surface area contributed by atoms with Crippen LogP contribution in [0.25, 0.3) is 0 Å².